The van der Waals surface area contributed by atoms with Crippen molar-refractivity contribution in [1.29, 1.82) is 0 Å². The minimum Gasteiger partial charge on any atom is -0.375 e. The first-order valence-corrected chi connectivity index (χ1v) is 7.38. The maximum atomic E-state index is 5.79. The Morgan fingerprint density at radius 2 is 2.53 bits per heavy atom. The van der Waals surface area contributed by atoms with Crippen LogP contribution in [0.25, 0.3) is 0 Å². The summed E-state index contributed by atoms with van der Waals surface area (Å²) in [5, 5.41) is 6.57. The van der Waals surface area contributed by atoms with E-state index in [2.05, 4.69) is 25.2 Å². The Kier molecular flexibility index (Phi) is 3.91. The summed E-state index contributed by atoms with van der Waals surface area (Å²) in [6.07, 6.45) is 3.90. The van der Waals surface area contributed by atoms with Crippen LogP contribution in [0.4, 0.5) is 0 Å². The van der Waals surface area contributed by atoms with Crippen LogP contribution in [0.15, 0.2) is 17.8 Å². The lowest BCUT2D eigenvalue weighted by Crippen LogP contribution is -2.25. The van der Waals surface area contributed by atoms with E-state index >= 15 is 0 Å². The number of rotatable bonds is 4. The highest BCUT2D eigenvalue weighted by Crippen LogP contribution is 2.12. The number of aromatic nitrogens is 3. The van der Waals surface area contributed by atoms with E-state index in [0.717, 1.165) is 42.8 Å². The number of ether oxygens (including phenoxy) is 1. The third kappa shape index (κ3) is 3.20. The minimum absolute atomic E-state index is 0.482. The molecular formula is C13H18N4OS. The van der Waals surface area contributed by atoms with E-state index in [9.17, 15) is 0 Å². The second-order valence-corrected chi connectivity index (χ2v) is 5.93. The van der Waals surface area contributed by atoms with E-state index in [1.54, 1.807) is 11.3 Å². The molecule has 1 N–H and O–H groups in total. The van der Waals surface area contributed by atoms with Gasteiger partial charge in [0.25, 0.3) is 0 Å². The van der Waals surface area contributed by atoms with Crippen LogP contribution >= 0.6 is 11.3 Å². The maximum Gasteiger partial charge on any atom is 0.122 e. The predicted octanol–water partition coefficient (Wildman–Crippen LogP) is 1.58. The summed E-state index contributed by atoms with van der Waals surface area (Å²) in [7, 11) is 0. The number of nitrogens with one attached hydrogen (secondary N) is 1. The van der Waals surface area contributed by atoms with Gasteiger partial charge in [-0.25, -0.2) is 9.97 Å². The van der Waals surface area contributed by atoms with Gasteiger partial charge in [-0.15, -0.1) is 11.3 Å². The SMILES string of the molecule is Cc1nc(COCC2CNCc3nccn3C2)cs1. The van der Waals surface area contributed by atoms with Gasteiger partial charge in [0.05, 0.1) is 30.5 Å². The zero-order chi connectivity index (χ0) is 13.1. The molecule has 5 nitrogen and oxygen atoms in total. The Hall–Kier alpha value is -1.24. The molecule has 1 atom stereocenters. The lowest BCUT2D eigenvalue weighted by Gasteiger charge is -2.15. The predicted molar refractivity (Wildman–Crippen MR) is 73.9 cm³/mol. The first-order chi connectivity index (χ1) is 9.31. The van der Waals surface area contributed by atoms with Gasteiger partial charge in [0, 0.05) is 36.8 Å². The van der Waals surface area contributed by atoms with Crippen LogP contribution in [-0.2, 0) is 24.4 Å². The molecule has 0 aliphatic carbocycles. The highest BCUT2D eigenvalue weighted by atomic mass is 32.1. The van der Waals surface area contributed by atoms with Crippen LogP contribution in [0.3, 0.4) is 0 Å². The van der Waals surface area contributed by atoms with Crippen LogP contribution < -0.4 is 5.32 Å². The van der Waals surface area contributed by atoms with E-state index in [4.69, 9.17) is 4.74 Å². The van der Waals surface area contributed by atoms with E-state index in [-0.39, 0.29) is 0 Å². The second kappa shape index (κ2) is 5.81. The molecule has 0 saturated carbocycles. The molecular weight excluding hydrogens is 260 g/mol. The van der Waals surface area contributed by atoms with Crippen LogP contribution in [0.5, 0.6) is 0 Å². The summed E-state index contributed by atoms with van der Waals surface area (Å²) in [5.74, 6) is 1.59. The summed E-state index contributed by atoms with van der Waals surface area (Å²) < 4.78 is 8.00. The van der Waals surface area contributed by atoms with Crippen molar-refractivity contribution in [1.82, 2.24) is 19.9 Å². The summed E-state index contributed by atoms with van der Waals surface area (Å²) in [5.41, 5.74) is 1.03. The number of thiazole rings is 1. The van der Waals surface area contributed by atoms with Crippen LogP contribution in [0.2, 0.25) is 0 Å². The number of fused-ring (bicyclic) bond motifs is 1. The van der Waals surface area contributed by atoms with Crippen molar-refractivity contribution >= 4 is 11.3 Å². The van der Waals surface area contributed by atoms with Gasteiger partial charge in [-0.1, -0.05) is 0 Å². The fraction of sp³-hybridized carbons (Fsp3) is 0.538. The Morgan fingerprint density at radius 1 is 1.58 bits per heavy atom. The number of aryl methyl sites for hydroxylation is 1. The molecule has 2 aromatic heterocycles. The molecule has 0 aromatic carbocycles. The zero-order valence-electron chi connectivity index (χ0n) is 11.0. The van der Waals surface area contributed by atoms with Crippen molar-refractivity contribution in [2.75, 3.05) is 13.2 Å². The van der Waals surface area contributed by atoms with Crippen molar-refractivity contribution in [2.24, 2.45) is 5.92 Å². The number of nitrogens with zero attached hydrogens (tertiary/aromatic N) is 3. The number of hydrogen-bond donors (Lipinski definition) is 1. The van der Waals surface area contributed by atoms with Gasteiger partial charge in [-0.3, -0.25) is 0 Å². The fourth-order valence-electron chi connectivity index (χ4n) is 2.32. The second-order valence-electron chi connectivity index (χ2n) is 4.87. The van der Waals surface area contributed by atoms with Gasteiger partial charge in [-0.05, 0) is 6.92 Å². The molecule has 2 aromatic rings. The molecule has 1 unspecified atom stereocenters. The average molecular weight is 278 g/mol. The Bertz CT molecular complexity index is 536. The van der Waals surface area contributed by atoms with Gasteiger partial charge in [0.1, 0.15) is 5.82 Å². The maximum absolute atomic E-state index is 5.79. The smallest absolute Gasteiger partial charge is 0.122 e. The molecule has 1 aliphatic rings. The van der Waals surface area contributed by atoms with Crippen LogP contribution in [0.1, 0.15) is 16.5 Å². The number of hydrogen-bond acceptors (Lipinski definition) is 5. The summed E-state index contributed by atoms with van der Waals surface area (Å²) >= 11 is 1.67. The molecule has 0 bridgehead atoms. The minimum atomic E-state index is 0.482. The average Bonchev–Trinajstić information content (AvgIpc) is 2.95. The molecule has 0 amide bonds. The zero-order valence-corrected chi connectivity index (χ0v) is 11.8. The molecule has 0 spiro atoms. The molecule has 0 radical (unpaired) electrons. The van der Waals surface area contributed by atoms with E-state index in [1.165, 1.54) is 0 Å². The molecule has 1 aliphatic heterocycles. The van der Waals surface area contributed by atoms with E-state index in [0.29, 0.717) is 12.5 Å². The molecule has 0 fully saturated rings. The summed E-state index contributed by atoms with van der Waals surface area (Å²) in [6.45, 7) is 6.16. The van der Waals surface area contributed by atoms with Gasteiger partial charge >= 0.3 is 0 Å². The standard InChI is InChI=1S/C13H18N4OS/c1-10-16-12(9-19-10)8-18-7-11-4-14-5-13-15-2-3-17(13)6-11/h2-3,9,11,14H,4-8H2,1H3. The third-order valence-corrected chi connectivity index (χ3v) is 4.07. The van der Waals surface area contributed by atoms with Gasteiger partial charge < -0.3 is 14.6 Å². The topological polar surface area (TPSA) is 52.0 Å². The van der Waals surface area contributed by atoms with Crippen molar-refractivity contribution in [2.45, 2.75) is 26.6 Å². The summed E-state index contributed by atoms with van der Waals surface area (Å²) in [4.78, 5) is 8.74. The molecule has 6 heteroatoms. The Balaban J connectivity index is 1.50. The Labute approximate surface area is 116 Å². The quantitative estimate of drug-likeness (QED) is 0.922. The van der Waals surface area contributed by atoms with Gasteiger partial charge in [0.15, 0.2) is 0 Å². The van der Waals surface area contributed by atoms with Crippen molar-refractivity contribution in [3.63, 3.8) is 0 Å². The van der Waals surface area contributed by atoms with Crippen molar-refractivity contribution < 1.29 is 4.74 Å². The molecule has 102 valence electrons. The fourth-order valence-corrected chi connectivity index (χ4v) is 2.92. The molecule has 0 saturated heterocycles. The highest BCUT2D eigenvalue weighted by Gasteiger charge is 2.16. The van der Waals surface area contributed by atoms with E-state index in [1.807, 2.05) is 19.3 Å². The highest BCUT2D eigenvalue weighted by molar-refractivity contribution is 7.09. The van der Waals surface area contributed by atoms with Gasteiger partial charge in [0.2, 0.25) is 0 Å². The normalized spacial score (nSPS) is 19.1. The van der Waals surface area contributed by atoms with Gasteiger partial charge in [-0.2, -0.15) is 0 Å². The Morgan fingerprint density at radius 3 is 3.37 bits per heavy atom. The van der Waals surface area contributed by atoms with Crippen molar-refractivity contribution in [3.8, 4) is 0 Å². The van der Waals surface area contributed by atoms with Crippen LogP contribution in [0, 0.1) is 12.8 Å². The third-order valence-electron chi connectivity index (χ3n) is 3.24. The molecule has 19 heavy (non-hydrogen) atoms. The first kappa shape index (κ1) is 12.8. The monoisotopic (exact) mass is 278 g/mol. The first-order valence-electron chi connectivity index (χ1n) is 6.51. The largest absolute Gasteiger partial charge is 0.375 e. The lowest BCUT2D eigenvalue weighted by atomic mass is 10.1. The number of imidazole rings is 1. The molecule has 3 heterocycles. The summed E-state index contributed by atoms with van der Waals surface area (Å²) in [6, 6.07) is 0. The molecule has 3 rings (SSSR count). The van der Waals surface area contributed by atoms with Crippen molar-refractivity contribution in [3.05, 3.63) is 34.3 Å². The van der Waals surface area contributed by atoms with E-state index < -0.39 is 0 Å². The van der Waals surface area contributed by atoms with Crippen LogP contribution in [-0.4, -0.2) is 27.7 Å². The lowest BCUT2D eigenvalue weighted by molar-refractivity contribution is 0.0806.